The first-order valence-corrected chi connectivity index (χ1v) is 5.08. The molecule has 15 heavy (non-hydrogen) atoms. The van der Waals surface area contributed by atoms with Gasteiger partial charge in [-0.25, -0.2) is 0 Å². The molecule has 0 radical (unpaired) electrons. The smallest absolute Gasteiger partial charge is 0.115 e. The summed E-state index contributed by atoms with van der Waals surface area (Å²) in [5.74, 6) is 0. The summed E-state index contributed by atoms with van der Waals surface area (Å²) < 4.78 is 1.89. The predicted molar refractivity (Wildman–Crippen MR) is 62.5 cm³/mol. The minimum Gasteiger partial charge on any atom is -0.396 e. The lowest BCUT2D eigenvalue weighted by Crippen LogP contribution is -2.00. The first-order chi connectivity index (χ1) is 7.18. The molecule has 2 aromatic rings. The molecule has 78 valence electrons. The van der Waals surface area contributed by atoms with E-state index in [1.807, 2.05) is 41.2 Å². The first kappa shape index (κ1) is 9.77. The van der Waals surface area contributed by atoms with Crippen molar-refractivity contribution in [1.82, 2.24) is 9.78 Å². The quantitative estimate of drug-likeness (QED) is 0.811. The van der Waals surface area contributed by atoms with Crippen molar-refractivity contribution in [3.05, 3.63) is 36.5 Å². The Balaban J connectivity index is 2.45. The molecule has 2 rings (SSSR count). The van der Waals surface area contributed by atoms with Crippen LogP contribution in [0, 0.1) is 0 Å². The van der Waals surface area contributed by atoms with E-state index in [4.69, 9.17) is 5.73 Å². The van der Waals surface area contributed by atoms with Gasteiger partial charge in [-0.05, 0) is 13.8 Å². The van der Waals surface area contributed by atoms with Gasteiger partial charge in [-0.2, -0.15) is 5.10 Å². The Labute approximate surface area is 89.5 Å². The summed E-state index contributed by atoms with van der Waals surface area (Å²) in [5.41, 5.74) is 8.59. The first-order valence-electron chi connectivity index (χ1n) is 5.08. The zero-order valence-electron chi connectivity index (χ0n) is 9.01. The maximum atomic E-state index is 5.93. The average Bonchev–Trinajstić information content (AvgIpc) is 2.62. The van der Waals surface area contributed by atoms with Gasteiger partial charge in [0.05, 0.1) is 5.69 Å². The van der Waals surface area contributed by atoms with Crippen LogP contribution in [0.2, 0.25) is 0 Å². The summed E-state index contributed by atoms with van der Waals surface area (Å²) in [6, 6.07) is 10.3. The number of hydrogen-bond acceptors (Lipinski definition) is 2. The van der Waals surface area contributed by atoms with Crippen LogP contribution in [0.4, 0.5) is 5.69 Å². The molecule has 0 unspecified atom stereocenters. The summed E-state index contributed by atoms with van der Waals surface area (Å²) in [4.78, 5) is 0. The Morgan fingerprint density at radius 1 is 1.20 bits per heavy atom. The van der Waals surface area contributed by atoms with E-state index >= 15 is 0 Å². The van der Waals surface area contributed by atoms with Crippen LogP contribution < -0.4 is 5.73 Å². The lowest BCUT2D eigenvalue weighted by molar-refractivity contribution is 0.534. The number of nitrogen functional groups attached to an aromatic ring is 1. The van der Waals surface area contributed by atoms with Gasteiger partial charge in [0.25, 0.3) is 0 Å². The third-order valence-corrected chi connectivity index (χ3v) is 2.34. The zero-order chi connectivity index (χ0) is 10.8. The van der Waals surface area contributed by atoms with Gasteiger partial charge >= 0.3 is 0 Å². The van der Waals surface area contributed by atoms with Gasteiger partial charge in [-0.3, -0.25) is 4.68 Å². The Bertz CT molecular complexity index is 443. The third kappa shape index (κ3) is 1.86. The van der Waals surface area contributed by atoms with Crippen molar-refractivity contribution in [2.45, 2.75) is 19.9 Å². The second-order valence-corrected chi connectivity index (χ2v) is 3.87. The summed E-state index contributed by atoms with van der Waals surface area (Å²) in [6.45, 7) is 4.17. The predicted octanol–water partition coefficient (Wildman–Crippen LogP) is 2.71. The molecule has 3 nitrogen and oxygen atoms in total. The fourth-order valence-corrected chi connectivity index (χ4v) is 1.49. The molecular weight excluding hydrogens is 186 g/mol. The number of nitrogens with two attached hydrogens (primary N) is 1. The maximum absolute atomic E-state index is 5.93. The molecule has 1 heterocycles. The van der Waals surface area contributed by atoms with E-state index in [-0.39, 0.29) is 0 Å². The fraction of sp³-hybridized carbons (Fsp3) is 0.250. The Kier molecular flexibility index (Phi) is 2.46. The van der Waals surface area contributed by atoms with Crippen molar-refractivity contribution >= 4 is 5.69 Å². The molecule has 0 atom stereocenters. The second kappa shape index (κ2) is 3.77. The topological polar surface area (TPSA) is 43.8 Å². The number of rotatable bonds is 2. The summed E-state index contributed by atoms with van der Waals surface area (Å²) in [7, 11) is 0. The molecule has 1 aromatic heterocycles. The minimum absolute atomic E-state index is 0.338. The highest BCUT2D eigenvalue weighted by Crippen LogP contribution is 2.24. The number of hydrogen-bond donors (Lipinski definition) is 1. The van der Waals surface area contributed by atoms with Crippen LogP contribution in [0.25, 0.3) is 11.3 Å². The molecule has 0 fully saturated rings. The van der Waals surface area contributed by atoms with Crippen molar-refractivity contribution in [2.75, 3.05) is 5.73 Å². The highest BCUT2D eigenvalue weighted by molar-refractivity contribution is 5.71. The Morgan fingerprint density at radius 2 is 1.87 bits per heavy atom. The minimum atomic E-state index is 0.338. The van der Waals surface area contributed by atoms with E-state index in [1.165, 1.54) is 0 Å². The van der Waals surface area contributed by atoms with Crippen LogP contribution in [0.1, 0.15) is 19.9 Å². The molecular formula is C12H15N3. The number of aromatic nitrogens is 2. The Hall–Kier alpha value is -1.77. The molecule has 1 aromatic carbocycles. The van der Waals surface area contributed by atoms with Gasteiger partial charge in [0.15, 0.2) is 0 Å². The van der Waals surface area contributed by atoms with Gasteiger partial charge in [0.2, 0.25) is 0 Å². The van der Waals surface area contributed by atoms with E-state index in [9.17, 15) is 0 Å². The van der Waals surface area contributed by atoms with Crippen molar-refractivity contribution in [3.8, 4) is 11.3 Å². The monoisotopic (exact) mass is 201 g/mol. The van der Waals surface area contributed by atoms with Gasteiger partial charge in [0.1, 0.15) is 5.69 Å². The van der Waals surface area contributed by atoms with Crippen molar-refractivity contribution < 1.29 is 0 Å². The molecule has 0 aliphatic carbocycles. The zero-order valence-corrected chi connectivity index (χ0v) is 9.01. The highest BCUT2D eigenvalue weighted by Gasteiger charge is 2.09. The van der Waals surface area contributed by atoms with Crippen LogP contribution in [-0.2, 0) is 0 Å². The van der Waals surface area contributed by atoms with Crippen LogP contribution in [0.15, 0.2) is 36.5 Å². The van der Waals surface area contributed by atoms with Crippen molar-refractivity contribution in [2.24, 2.45) is 0 Å². The molecule has 0 aliphatic heterocycles. The molecule has 0 spiro atoms. The maximum Gasteiger partial charge on any atom is 0.115 e. The molecule has 0 saturated heterocycles. The molecule has 3 heteroatoms. The van der Waals surface area contributed by atoms with Crippen LogP contribution in [0.3, 0.4) is 0 Å². The van der Waals surface area contributed by atoms with Gasteiger partial charge in [-0.1, -0.05) is 30.3 Å². The number of anilines is 1. The van der Waals surface area contributed by atoms with Crippen molar-refractivity contribution in [3.63, 3.8) is 0 Å². The normalized spacial score (nSPS) is 10.9. The SMILES string of the molecule is CC(C)n1cc(N)c(-c2ccccc2)n1. The number of nitrogens with zero attached hydrogens (tertiary/aromatic N) is 2. The lowest BCUT2D eigenvalue weighted by atomic mass is 10.1. The molecule has 2 N–H and O–H groups in total. The van der Waals surface area contributed by atoms with Crippen LogP contribution >= 0.6 is 0 Å². The summed E-state index contributed by atoms with van der Waals surface area (Å²) in [6.07, 6.45) is 1.88. The molecule has 0 saturated carbocycles. The highest BCUT2D eigenvalue weighted by atomic mass is 15.3. The summed E-state index contributed by atoms with van der Waals surface area (Å²) in [5, 5.41) is 4.47. The van der Waals surface area contributed by atoms with Gasteiger partial charge < -0.3 is 5.73 Å². The molecule has 0 aliphatic rings. The van der Waals surface area contributed by atoms with E-state index in [0.717, 1.165) is 16.9 Å². The van der Waals surface area contributed by atoms with E-state index in [1.54, 1.807) is 0 Å². The molecule has 0 bridgehead atoms. The second-order valence-electron chi connectivity index (χ2n) is 3.87. The van der Waals surface area contributed by atoms with Crippen molar-refractivity contribution in [1.29, 1.82) is 0 Å². The Morgan fingerprint density at radius 3 is 2.40 bits per heavy atom. The fourth-order valence-electron chi connectivity index (χ4n) is 1.49. The lowest BCUT2D eigenvalue weighted by Gasteiger charge is -2.03. The van der Waals surface area contributed by atoms with E-state index in [2.05, 4.69) is 18.9 Å². The van der Waals surface area contributed by atoms with E-state index < -0.39 is 0 Å². The average molecular weight is 201 g/mol. The van der Waals surface area contributed by atoms with Gasteiger partial charge in [0, 0.05) is 17.8 Å². The third-order valence-electron chi connectivity index (χ3n) is 2.34. The standard InChI is InChI=1S/C12H15N3/c1-9(2)15-8-11(13)12(14-15)10-6-4-3-5-7-10/h3-9H,13H2,1-2H3. The largest absolute Gasteiger partial charge is 0.396 e. The van der Waals surface area contributed by atoms with E-state index in [0.29, 0.717) is 6.04 Å². The number of benzene rings is 1. The van der Waals surface area contributed by atoms with Crippen LogP contribution in [-0.4, -0.2) is 9.78 Å². The molecule has 0 amide bonds. The summed E-state index contributed by atoms with van der Waals surface area (Å²) >= 11 is 0. The van der Waals surface area contributed by atoms with Gasteiger partial charge in [-0.15, -0.1) is 0 Å². The van der Waals surface area contributed by atoms with Crippen LogP contribution in [0.5, 0.6) is 0 Å².